The lowest BCUT2D eigenvalue weighted by Gasteiger charge is -2.07. The summed E-state index contributed by atoms with van der Waals surface area (Å²) in [7, 11) is 0. The minimum atomic E-state index is -0.393. The van der Waals surface area contributed by atoms with E-state index in [1.165, 1.54) is 6.07 Å². The second kappa shape index (κ2) is 5.42. The van der Waals surface area contributed by atoms with Crippen LogP contribution in [0.4, 0.5) is 5.69 Å². The fourth-order valence-corrected chi connectivity index (χ4v) is 2.01. The van der Waals surface area contributed by atoms with Crippen LogP contribution in [0.5, 0.6) is 5.75 Å². The number of carbonyl (C=O) groups is 1. The first-order chi connectivity index (χ1) is 8.56. The molecule has 3 nitrogen and oxygen atoms in total. The monoisotopic (exact) mass is 325 g/mol. The Morgan fingerprint density at radius 1 is 1.22 bits per heavy atom. The van der Waals surface area contributed by atoms with Gasteiger partial charge >= 0.3 is 0 Å². The smallest absolute Gasteiger partial charge is 0.259 e. The van der Waals surface area contributed by atoms with Gasteiger partial charge in [0.05, 0.1) is 5.56 Å². The maximum atomic E-state index is 12.0. The molecule has 0 fully saturated rings. The van der Waals surface area contributed by atoms with E-state index >= 15 is 0 Å². The number of hydrogen-bond acceptors (Lipinski definition) is 2. The summed E-state index contributed by atoms with van der Waals surface area (Å²) in [4.78, 5) is 12.0. The first-order valence-electron chi connectivity index (χ1n) is 5.12. The molecular formula is C13H9BrClNO2. The zero-order valence-electron chi connectivity index (χ0n) is 9.15. The van der Waals surface area contributed by atoms with Crippen LogP contribution >= 0.6 is 27.5 Å². The molecule has 0 aromatic heterocycles. The zero-order chi connectivity index (χ0) is 13.1. The van der Waals surface area contributed by atoms with Crippen molar-refractivity contribution in [3.63, 3.8) is 0 Å². The average molecular weight is 327 g/mol. The number of benzene rings is 2. The fraction of sp³-hybridized carbons (Fsp3) is 0. The van der Waals surface area contributed by atoms with Crippen LogP contribution in [0.15, 0.2) is 46.9 Å². The van der Waals surface area contributed by atoms with Crippen LogP contribution in [0.2, 0.25) is 5.02 Å². The van der Waals surface area contributed by atoms with Crippen LogP contribution in [0.3, 0.4) is 0 Å². The molecule has 0 aliphatic heterocycles. The first-order valence-corrected chi connectivity index (χ1v) is 6.29. The summed E-state index contributed by atoms with van der Waals surface area (Å²) in [5.74, 6) is -0.464. The molecule has 0 saturated heterocycles. The Bertz CT molecular complexity index is 601. The molecule has 0 aliphatic carbocycles. The largest absolute Gasteiger partial charge is 0.507 e. The number of phenols is 1. The molecule has 0 bridgehead atoms. The van der Waals surface area contributed by atoms with Gasteiger partial charge in [0.1, 0.15) is 5.75 Å². The Hall–Kier alpha value is -1.52. The number of rotatable bonds is 2. The SMILES string of the molecule is O=C(Nc1cccc(Cl)c1)c1cc(Br)ccc1O. The molecule has 2 aromatic carbocycles. The molecule has 0 atom stereocenters. The molecular weight excluding hydrogens is 318 g/mol. The molecule has 0 radical (unpaired) electrons. The molecule has 18 heavy (non-hydrogen) atoms. The van der Waals surface area contributed by atoms with Gasteiger partial charge in [0.15, 0.2) is 0 Å². The van der Waals surface area contributed by atoms with Crippen LogP contribution in [-0.2, 0) is 0 Å². The van der Waals surface area contributed by atoms with Crippen molar-refractivity contribution in [2.24, 2.45) is 0 Å². The number of phenolic OH excluding ortho intramolecular Hbond substituents is 1. The third kappa shape index (κ3) is 3.03. The third-order valence-electron chi connectivity index (χ3n) is 2.29. The summed E-state index contributed by atoms with van der Waals surface area (Å²) in [6.07, 6.45) is 0. The quantitative estimate of drug-likeness (QED) is 0.874. The normalized spacial score (nSPS) is 10.1. The van der Waals surface area contributed by atoms with Crippen molar-refractivity contribution in [2.45, 2.75) is 0 Å². The highest BCUT2D eigenvalue weighted by Gasteiger charge is 2.11. The minimum Gasteiger partial charge on any atom is -0.507 e. The van der Waals surface area contributed by atoms with E-state index in [1.807, 2.05) is 0 Å². The van der Waals surface area contributed by atoms with Gasteiger partial charge in [-0.05, 0) is 36.4 Å². The summed E-state index contributed by atoms with van der Waals surface area (Å²) in [5, 5.41) is 12.8. The molecule has 0 saturated carbocycles. The van der Waals surface area contributed by atoms with Crippen molar-refractivity contribution in [3.8, 4) is 5.75 Å². The van der Waals surface area contributed by atoms with Gasteiger partial charge in [0.2, 0.25) is 0 Å². The van der Waals surface area contributed by atoms with Crippen molar-refractivity contribution < 1.29 is 9.90 Å². The van der Waals surface area contributed by atoms with E-state index < -0.39 is 5.91 Å². The van der Waals surface area contributed by atoms with Gasteiger partial charge in [-0.2, -0.15) is 0 Å². The predicted molar refractivity (Wildman–Crippen MR) is 75.2 cm³/mol. The number of hydrogen-bond donors (Lipinski definition) is 2. The van der Waals surface area contributed by atoms with E-state index in [-0.39, 0.29) is 11.3 Å². The Morgan fingerprint density at radius 3 is 2.72 bits per heavy atom. The van der Waals surface area contributed by atoms with Gasteiger partial charge in [-0.3, -0.25) is 4.79 Å². The Labute approximate surface area is 118 Å². The number of nitrogens with one attached hydrogen (secondary N) is 1. The lowest BCUT2D eigenvalue weighted by atomic mass is 10.2. The molecule has 0 heterocycles. The molecule has 1 amide bonds. The minimum absolute atomic E-state index is 0.0715. The summed E-state index contributed by atoms with van der Waals surface area (Å²) >= 11 is 9.07. The predicted octanol–water partition coefficient (Wildman–Crippen LogP) is 4.06. The Kier molecular flexibility index (Phi) is 3.89. The third-order valence-corrected chi connectivity index (χ3v) is 3.01. The Morgan fingerprint density at radius 2 is 2.00 bits per heavy atom. The van der Waals surface area contributed by atoms with Gasteiger partial charge in [-0.25, -0.2) is 0 Å². The number of carbonyl (C=O) groups excluding carboxylic acids is 1. The summed E-state index contributed by atoms with van der Waals surface area (Å²) in [6.45, 7) is 0. The van der Waals surface area contributed by atoms with Crippen LogP contribution in [-0.4, -0.2) is 11.0 Å². The summed E-state index contributed by atoms with van der Waals surface area (Å²) in [5.41, 5.74) is 0.774. The van der Waals surface area contributed by atoms with E-state index in [2.05, 4.69) is 21.2 Å². The fourth-order valence-electron chi connectivity index (χ4n) is 1.45. The Balaban J connectivity index is 2.24. The van der Waals surface area contributed by atoms with E-state index in [0.29, 0.717) is 10.7 Å². The van der Waals surface area contributed by atoms with E-state index in [1.54, 1.807) is 36.4 Å². The van der Waals surface area contributed by atoms with Crippen molar-refractivity contribution >= 4 is 39.1 Å². The average Bonchev–Trinajstić information content (AvgIpc) is 2.32. The lowest BCUT2D eigenvalue weighted by molar-refractivity contribution is 0.102. The molecule has 5 heteroatoms. The van der Waals surface area contributed by atoms with Crippen molar-refractivity contribution in [3.05, 3.63) is 57.5 Å². The van der Waals surface area contributed by atoms with Gasteiger partial charge in [-0.1, -0.05) is 33.6 Å². The summed E-state index contributed by atoms with van der Waals surface area (Å²) in [6, 6.07) is 11.5. The van der Waals surface area contributed by atoms with Gasteiger partial charge in [-0.15, -0.1) is 0 Å². The van der Waals surface area contributed by atoms with Crippen molar-refractivity contribution in [1.29, 1.82) is 0 Å². The van der Waals surface area contributed by atoms with Gasteiger partial charge < -0.3 is 10.4 Å². The maximum Gasteiger partial charge on any atom is 0.259 e. The zero-order valence-corrected chi connectivity index (χ0v) is 11.5. The highest BCUT2D eigenvalue weighted by Crippen LogP contribution is 2.23. The second-order valence-electron chi connectivity index (χ2n) is 3.63. The standard InChI is InChI=1S/C13H9BrClNO2/c14-8-4-5-12(17)11(6-8)13(18)16-10-3-1-2-9(15)7-10/h1-7,17H,(H,16,18). The van der Waals surface area contributed by atoms with Crippen LogP contribution < -0.4 is 5.32 Å². The molecule has 0 spiro atoms. The second-order valence-corrected chi connectivity index (χ2v) is 4.98. The number of amides is 1. The van der Waals surface area contributed by atoms with E-state index in [9.17, 15) is 9.90 Å². The number of halogens is 2. The van der Waals surface area contributed by atoms with Crippen LogP contribution in [0.25, 0.3) is 0 Å². The molecule has 2 rings (SSSR count). The van der Waals surface area contributed by atoms with E-state index in [0.717, 1.165) is 4.47 Å². The van der Waals surface area contributed by atoms with Gasteiger partial charge in [0.25, 0.3) is 5.91 Å². The highest BCUT2D eigenvalue weighted by molar-refractivity contribution is 9.10. The van der Waals surface area contributed by atoms with Gasteiger partial charge in [0, 0.05) is 15.2 Å². The molecule has 0 aliphatic rings. The van der Waals surface area contributed by atoms with Crippen molar-refractivity contribution in [1.82, 2.24) is 0 Å². The molecule has 2 aromatic rings. The van der Waals surface area contributed by atoms with Crippen LogP contribution in [0.1, 0.15) is 10.4 Å². The molecule has 2 N–H and O–H groups in total. The molecule has 92 valence electrons. The highest BCUT2D eigenvalue weighted by atomic mass is 79.9. The topological polar surface area (TPSA) is 49.3 Å². The molecule has 0 unspecified atom stereocenters. The van der Waals surface area contributed by atoms with E-state index in [4.69, 9.17) is 11.6 Å². The lowest BCUT2D eigenvalue weighted by Crippen LogP contribution is -2.12. The van der Waals surface area contributed by atoms with Crippen LogP contribution in [0, 0.1) is 0 Å². The van der Waals surface area contributed by atoms with Crippen molar-refractivity contribution in [2.75, 3.05) is 5.32 Å². The number of anilines is 1. The maximum absolute atomic E-state index is 12.0. The summed E-state index contributed by atoms with van der Waals surface area (Å²) < 4.78 is 0.719. The number of aromatic hydroxyl groups is 1. The first kappa shape index (κ1) is 12.9.